The normalized spacial score (nSPS) is 13.9. The Kier molecular flexibility index (Phi) is 8.97. The number of hydrogen-bond donors (Lipinski definition) is 2. The Morgan fingerprint density at radius 3 is 2.27 bits per heavy atom. The Morgan fingerprint density at radius 2 is 1.65 bits per heavy atom. The van der Waals surface area contributed by atoms with E-state index in [0.717, 1.165) is 54.0 Å². The van der Waals surface area contributed by atoms with Crippen LogP contribution in [-0.4, -0.2) is 50.8 Å². The number of para-hydroxylation sites is 2. The average Bonchev–Trinajstić information content (AvgIpc) is 3.31. The van der Waals surface area contributed by atoms with Crippen LogP contribution in [0, 0.1) is 11.7 Å². The van der Waals surface area contributed by atoms with E-state index in [4.69, 9.17) is 14.9 Å². The Bertz CT molecular complexity index is 1430. The van der Waals surface area contributed by atoms with Gasteiger partial charge in [-0.2, -0.15) is 13.2 Å². The Hall–Kier alpha value is -4.48. The summed E-state index contributed by atoms with van der Waals surface area (Å²) in [5.41, 5.74) is 4.00. The molecule has 0 spiro atoms. The first-order chi connectivity index (χ1) is 19.1. The summed E-state index contributed by atoms with van der Waals surface area (Å²) in [6.07, 6.45) is -0.0316. The summed E-state index contributed by atoms with van der Waals surface area (Å²) in [5.74, 6) is -2.01. The molecule has 40 heavy (non-hydrogen) atoms. The lowest BCUT2D eigenvalue weighted by Crippen LogP contribution is -2.41. The number of aromatic nitrogens is 3. The molecule has 210 valence electrons. The molecule has 2 N–H and O–H groups in total. The van der Waals surface area contributed by atoms with Crippen LogP contribution < -0.4 is 10.2 Å². The van der Waals surface area contributed by atoms with Crippen molar-refractivity contribution >= 4 is 28.9 Å². The van der Waals surface area contributed by atoms with E-state index < -0.39 is 12.1 Å². The van der Waals surface area contributed by atoms with E-state index in [1.165, 1.54) is 12.1 Å². The van der Waals surface area contributed by atoms with Gasteiger partial charge in [0.2, 0.25) is 11.9 Å². The number of rotatable bonds is 6. The van der Waals surface area contributed by atoms with Gasteiger partial charge in [0, 0.05) is 37.9 Å². The number of amides is 1. The molecule has 1 aliphatic rings. The topological polar surface area (TPSA) is 100 Å². The molecule has 1 aliphatic heterocycles. The maximum Gasteiger partial charge on any atom is 0.490 e. The Morgan fingerprint density at radius 1 is 0.975 bits per heavy atom. The van der Waals surface area contributed by atoms with Gasteiger partial charge < -0.3 is 19.9 Å². The van der Waals surface area contributed by atoms with Crippen molar-refractivity contribution in [1.29, 1.82) is 0 Å². The number of anilines is 1. The monoisotopic (exact) mass is 557 g/mol. The summed E-state index contributed by atoms with van der Waals surface area (Å²) in [6, 6.07) is 18.5. The standard InChI is InChI=1S/C26H26FN5O.C2HF3O2/c27-22-9-7-19(8-10-22)18-32-24-6-2-1-5-23(24)30-26(32)31-14-11-21(12-15-31)25(33)29-17-20-4-3-13-28-16-20;3-2(4,5)1(6)7/h1-10,13,16,21H,11-12,14-15,17-18H2,(H,29,33);(H,6,7). The van der Waals surface area contributed by atoms with Crippen LogP contribution >= 0.6 is 0 Å². The second-order valence-electron chi connectivity index (χ2n) is 9.26. The lowest BCUT2D eigenvalue weighted by molar-refractivity contribution is -0.192. The van der Waals surface area contributed by atoms with Crippen LogP contribution in [0.5, 0.6) is 0 Å². The van der Waals surface area contributed by atoms with Gasteiger partial charge in [0.05, 0.1) is 17.6 Å². The third kappa shape index (κ3) is 7.33. The van der Waals surface area contributed by atoms with E-state index in [9.17, 15) is 22.4 Å². The van der Waals surface area contributed by atoms with Crippen molar-refractivity contribution in [2.45, 2.75) is 32.1 Å². The fourth-order valence-corrected chi connectivity index (χ4v) is 4.41. The summed E-state index contributed by atoms with van der Waals surface area (Å²) in [6.45, 7) is 2.64. The van der Waals surface area contributed by atoms with Gasteiger partial charge in [0.1, 0.15) is 5.82 Å². The largest absolute Gasteiger partial charge is 0.490 e. The molecule has 0 bridgehead atoms. The third-order valence-electron chi connectivity index (χ3n) is 6.47. The van der Waals surface area contributed by atoms with E-state index in [0.29, 0.717) is 13.1 Å². The van der Waals surface area contributed by atoms with Crippen LogP contribution in [0.2, 0.25) is 0 Å². The molecule has 0 aliphatic carbocycles. The highest BCUT2D eigenvalue weighted by Crippen LogP contribution is 2.28. The molecule has 0 unspecified atom stereocenters. The number of carbonyl (C=O) groups excluding carboxylic acids is 1. The summed E-state index contributed by atoms with van der Waals surface area (Å²) >= 11 is 0. The first kappa shape index (κ1) is 28.5. The molecule has 5 rings (SSSR count). The molecule has 0 saturated carbocycles. The van der Waals surface area contributed by atoms with Crippen molar-refractivity contribution in [3.63, 3.8) is 0 Å². The van der Waals surface area contributed by atoms with E-state index in [-0.39, 0.29) is 17.6 Å². The molecule has 4 aromatic rings. The van der Waals surface area contributed by atoms with Crippen molar-refractivity contribution in [3.8, 4) is 0 Å². The highest BCUT2D eigenvalue weighted by atomic mass is 19.4. The van der Waals surface area contributed by atoms with Crippen LogP contribution in [-0.2, 0) is 22.7 Å². The number of nitrogens with zero attached hydrogens (tertiary/aromatic N) is 4. The molecular formula is C28H27F4N5O3. The molecule has 1 saturated heterocycles. The minimum atomic E-state index is -5.08. The number of aliphatic carboxylic acids is 1. The van der Waals surface area contributed by atoms with E-state index in [1.807, 2.05) is 42.5 Å². The molecule has 1 fully saturated rings. The van der Waals surface area contributed by atoms with Crippen molar-refractivity contribution in [2.75, 3.05) is 18.0 Å². The highest BCUT2D eigenvalue weighted by Gasteiger charge is 2.38. The second kappa shape index (κ2) is 12.6. The van der Waals surface area contributed by atoms with Gasteiger partial charge in [-0.25, -0.2) is 14.2 Å². The molecule has 2 aromatic heterocycles. The predicted octanol–water partition coefficient (Wildman–Crippen LogP) is 4.78. The molecule has 1 amide bonds. The number of carboxylic acids is 1. The van der Waals surface area contributed by atoms with Gasteiger partial charge in [-0.05, 0) is 54.3 Å². The Labute approximate surface area is 227 Å². The van der Waals surface area contributed by atoms with Crippen LogP contribution in [0.1, 0.15) is 24.0 Å². The average molecular weight is 558 g/mol. The van der Waals surface area contributed by atoms with Gasteiger partial charge in [0.15, 0.2) is 0 Å². The SMILES string of the molecule is O=C(NCc1cccnc1)C1CCN(c2nc3ccccc3n2Cc2ccc(F)cc2)CC1.O=C(O)C(F)(F)F. The number of pyridine rings is 1. The van der Waals surface area contributed by atoms with Crippen LogP contribution in [0.25, 0.3) is 11.0 Å². The number of carbonyl (C=O) groups is 2. The third-order valence-corrected chi connectivity index (χ3v) is 6.47. The highest BCUT2D eigenvalue weighted by molar-refractivity contribution is 5.80. The van der Waals surface area contributed by atoms with Crippen LogP contribution in [0.4, 0.5) is 23.5 Å². The molecule has 12 heteroatoms. The first-order valence-electron chi connectivity index (χ1n) is 12.5. The summed E-state index contributed by atoms with van der Waals surface area (Å²) in [4.78, 5) is 32.8. The van der Waals surface area contributed by atoms with Crippen LogP contribution in [0.15, 0.2) is 73.1 Å². The molecule has 0 radical (unpaired) electrons. The van der Waals surface area contributed by atoms with Gasteiger partial charge >= 0.3 is 12.1 Å². The lowest BCUT2D eigenvalue weighted by atomic mass is 9.96. The van der Waals surface area contributed by atoms with Crippen molar-refractivity contribution in [1.82, 2.24) is 19.9 Å². The smallest absolute Gasteiger partial charge is 0.475 e. The number of piperidine rings is 1. The molecule has 8 nitrogen and oxygen atoms in total. The van der Waals surface area contributed by atoms with E-state index in [2.05, 4.69) is 25.8 Å². The minimum Gasteiger partial charge on any atom is -0.475 e. The molecule has 3 heterocycles. The maximum atomic E-state index is 13.4. The van der Waals surface area contributed by atoms with Gasteiger partial charge in [-0.3, -0.25) is 9.78 Å². The maximum absolute atomic E-state index is 13.4. The number of imidazole rings is 1. The zero-order valence-corrected chi connectivity index (χ0v) is 21.3. The fraction of sp³-hybridized carbons (Fsp3) is 0.286. The van der Waals surface area contributed by atoms with Crippen molar-refractivity contribution in [3.05, 3.63) is 90.0 Å². The Balaban J connectivity index is 0.000000470. The second-order valence-corrected chi connectivity index (χ2v) is 9.26. The van der Waals surface area contributed by atoms with E-state index >= 15 is 0 Å². The number of halogens is 4. The van der Waals surface area contributed by atoms with Gasteiger partial charge in [-0.15, -0.1) is 0 Å². The molecule has 0 atom stereocenters. The summed E-state index contributed by atoms with van der Waals surface area (Å²) < 4.78 is 47.3. The number of alkyl halides is 3. The number of hydrogen-bond acceptors (Lipinski definition) is 5. The number of carboxylic acid groups (broad SMARTS) is 1. The lowest BCUT2D eigenvalue weighted by Gasteiger charge is -2.32. The van der Waals surface area contributed by atoms with Crippen LogP contribution in [0.3, 0.4) is 0 Å². The fourth-order valence-electron chi connectivity index (χ4n) is 4.41. The van der Waals surface area contributed by atoms with Crippen molar-refractivity contribution in [2.24, 2.45) is 5.92 Å². The zero-order chi connectivity index (χ0) is 28.7. The van der Waals surface area contributed by atoms with Crippen molar-refractivity contribution < 1.29 is 32.3 Å². The van der Waals surface area contributed by atoms with Gasteiger partial charge in [0.25, 0.3) is 0 Å². The summed E-state index contributed by atoms with van der Waals surface area (Å²) in [5, 5.41) is 10.2. The first-order valence-corrected chi connectivity index (χ1v) is 12.5. The quantitative estimate of drug-likeness (QED) is 0.331. The van der Waals surface area contributed by atoms with Gasteiger partial charge in [-0.1, -0.05) is 30.3 Å². The zero-order valence-electron chi connectivity index (χ0n) is 21.3. The van der Waals surface area contributed by atoms with E-state index in [1.54, 1.807) is 12.4 Å². The predicted molar refractivity (Wildman–Crippen MR) is 140 cm³/mol. The molecule has 2 aromatic carbocycles. The molecular weight excluding hydrogens is 530 g/mol. The minimum absolute atomic E-state index is 0.00662. The number of benzene rings is 2. The number of nitrogens with one attached hydrogen (secondary N) is 1. The number of fused-ring (bicyclic) bond motifs is 1. The summed E-state index contributed by atoms with van der Waals surface area (Å²) in [7, 11) is 0.